The van der Waals surface area contributed by atoms with Crippen LogP contribution in [0.25, 0.3) is 0 Å². The third-order valence-electron chi connectivity index (χ3n) is 3.96. The van der Waals surface area contributed by atoms with Crippen LogP contribution in [0.15, 0.2) is 48.5 Å². The van der Waals surface area contributed by atoms with Crippen molar-refractivity contribution in [3.63, 3.8) is 0 Å². The number of nitrogens with zero attached hydrogens (tertiary/aromatic N) is 1. The smallest absolute Gasteiger partial charge is 0.337 e. The topological polar surface area (TPSA) is 95.9 Å². The number of aromatic carboxylic acids is 1. The van der Waals surface area contributed by atoms with Crippen LogP contribution >= 0.6 is 0 Å². The van der Waals surface area contributed by atoms with Crippen LogP contribution in [0, 0.1) is 0 Å². The highest BCUT2D eigenvalue weighted by molar-refractivity contribution is 6.24. The number of amides is 2. The lowest BCUT2D eigenvalue weighted by atomic mass is 10.1. The van der Waals surface area contributed by atoms with Gasteiger partial charge in [0.1, 0.15) is 11.8 Å². The number of carbonyl (C=O) groups excluding carboxylic acids is 2. The molecule has 1 saturated heterocycles. The molecule has 1 aliphatic heterocycles. The summed E-state index contributed by atoms with van der Waals surface area (Å²) in [6.07, 6.45) is -0.0646. The predicted molar refractivity (Wildman–Crippen MR) is 90.9 cm³/mol. The van der Waals surface area contributed by atoms with E-state index in [1.165, 1.54) is 13.2 Å². The minimum Gasteiger partial charge on any atom is -0.495 e. The molecule has 0 bridgehead atoms. The van der Waals surface area contributed by atoms with Gasteiger partial charge in [-0.2, -0.15) is 0 Å². The Bertz CT molecular complexity index is 849. The summed E-state index contributed by atoms with van der Waals surface area (Å²) in [5.74, 6) is -1.52. The predicted octanol–water partition coefficient (Wildman–Crippen LogP) is 2.14. The molecule has 128 valence electrons. The Balaban J connectivity index is 1.89. The molecule has 7 heteroatoms. The molecule has 1 unspecified atom stereocenters. The summed E-state index contributed by atoms with van der Waals surface area (Å²) in [6, 6.07) is 12.2. The fraction of sp³-hybridized carbons (Fsp3) is 0.167. The third-order valence-corrected chi connectivity index (χ3v) is 3.96. The Kier molecular flexibility index (Phi) is 4.38. The monoisotopic (exact) mass is 340 g/mol. The van der Waals surface area contributed by atoms with Gasteiger partial charge in [0.2, 0.25) is 5.91 Å². The number of nitrogens with one attached hydrogen (secondary N) is 1. The molecule has 1 atom stereocenters. The molecule has 3 rings (SSSR count). The van der Waals surface area contributed by atoms with E-state index in [0.717, 1.165) is 4.90 Å². The normalized spacial score (nSPS) is 16.8. The van der Waals surface area contributed by atoms with Crippen molar-refractivity contribution in [1.29, 1.82) is 0 Å². The number of carbonyl (C=O) groups is 3. The summed E-state index contributed by atoms with van der Waals surface area (Å²) < 4.78 is 5.21. The molecular formula is C18H16N2O5. The van der Waals surface area contributed by atoms with E-state index in [1.807, 2.05) is 0 Å². The van der Waals surface area contributed by atoms with E-state index in [0.29, 0.717) is 17.1 Å². The Labute approximate surface area is 143 Å². The lowest BCUT2D eigenvalue weighted by Crippen LogP contribution is -2.35. The van der Waals surface area contributed by atoms with Crippen molar-refractivity contribution in [2.45, 2.75) is 12.5 Å². The van der Waals surface area contributed by atoms with Gasteiger partial charge < -0.3 is 15.2 Å². The second kappa shape index (κ2) is 6.64. The quantitative estimate of drug-likeness (QED) is 0.810. The SMILES string of the molecule is COc1ccccc1N1C(=O)CC(Nc2ccccc2C(=O)O)C1=O. The Morgan fingerprint density at radius 2 is 1.84 bits per heavy atom. The second-order valence-electron chi connectivity index (χ2n) is 5.49. The second-order valence-corrected chi connectivity index (χ2v) is 5.49. The molecule has 7 nitrogen and oxygen atoms in total. The van der Waals surface area contributed by atoms with Crippen molar-refractivity contribution >= 4 is 29.2 Å². The van der Waals surface area contributed by atoms with E-state index in [1.54, 1.807) is 42.5 Å². The largest absolute Gasteiger partial charge is 0.495 e. The van der Waals surface area contributed by atoms with Gasteiger partial charge in [0.25, 0.3) is 5.91 Å². The minimum atomic E-state index is -1.11. The maximum absolute atomic E-state index is 12.7. The van der Waals surface area contributed by atoms with Crippen LogP contribution in [-0.4, -0.2) is 36.0 Å². The number of carboxylic acids is 1. The highest BCUT2D eigenvalue weighted by atomic mass is 16.5. The molecule has 0 radical (unpaired) electrons. The van der Waals surface area contributed by atoms with Crippen LogP contribution < -0.4 is 15.0 Å². The van der Waals surface area contributed by atoms with Crippen molar-refractivity contribution in [2.24, 2.45) is 0 Å². The Hall–Kier alpha value is -3.35. The lowest BCUT2D eigenvalue weighted by molar-refractivity contribution is -0.121. The van der Waals surface area contributed by atoms with Gasteiger partial charge in [-0.15, -0.1) is 0 Å². The molecule has 2 aromatic rings. The van der Waals surface area contributed by atoms with Gasteiger partial charge >= 0.3 is 5.97 Å². The van der Waals surface area contributed by atoms with Crippen molar-refractivity contribution in [2.75, 3.05) is 17.3 Å². The zero-order valence-corrected chi connectivity index (χ0v) is 13.4. The summed E-state index contributed by atoms with van der Waals surface area (Å²) in [7, 11) is 1.46. The van der Waals surface area contributed by atoms with E-state index < -0.39 is 17.9 Å². The summed E-state index contributed by atoms with van der Waals surface area (Å²) in [5.41, 5.74) is 0.706. The molecule has 0 spiro atoms. The average molecular weight is 340 g/mol. The Morgan fingerprint density at radius 1 is 1.16 bits per heavy atom. The number of methoxy groups -OCH3 is 1. The van der Waals surface area contributed by atoms with Gasteiger partial charge in [-0.25, -0.2) is 9.69 Å². The van der Waals surface area contributed by atoms with Gasteiger partial charge in [0.05, 0.1) is 24.8 Å². The van der Waals surface area contributed by atoms with Crippen molar-refractivity contribution in [3.8, 4) is 5.75 Å². The van der Waals surface area contributed by atoms with Gasteiger partial charge in [-0.3, -0.25) is 9.59 Å². The zero-order chi connectivity index (χ0) is 18.0. The lowest BCUT2D eigenvalue weighted by Gasteiger charge is -2.18. The highest BCUT2D eigenvalue weighted by Crippen LogP contribution is 2.32. The molecule has 1 heterocycles. The first-order valence-corrected chi connectivity index (χ1v) is 7.61. The molecule has 1 aliphatic rings. The molecule has 0 aromatic heterocycles. The van der Waals surface area contributed by atoms with Crippen LogP contribution in [0.4, 0.5) is 11.4 Å². The van der Waals surface area contributed by atoms with Crippen molar-refractivity contribution < 1.29 is 24.2 Å². The van der Waals surface area contributed by atoms with E-state index in [-0.39, 0.29) is 17.9 Å². The van der Waals surface area contributed by atoms with Gasteiger partial charge in [0, 0.05) is 5.69 Å². The number of ether oxygens (including phenoxy) is 1. The van der Waals surface area contributed by atoms with Crippen molar-refractivity contribution in [3.05, 3.63) is 54.1 Å². The fourth-order valence-corrected chi connectivity index (χ4v) is 2.80. The van der Waals surface area contributed by atoms with Gasteiger partial charge in [0.15, 0.2) is 0 Å². The maximum atomic E-state index is 12.7. The van der Waals surface area contributed by atoms with Crippen LogP contribution in [0.2, 0.25) is 0 Å². The van der Waals surface area contributed by atoms with Crippen LogP contribution in [-0.2, 0) is 9.59 Å². The average Bonchev–Trinajstić information content (AvgIpc) is 2.88. The van der Waals surface area contributed by atoms with Gasteiger partial charge in [-0.05, 0) is 24.3 Å². The summed E-state index contributed by atoms with van der Waals surface area (Å²) >= 11 is 0. The zero-order valence-electron chi connectivity index (χ0n) is 13.4. The molecular weight excluding hydrogens is 324 g/mol. The molecule has 2 aromatic carbocycles. The summed E-state index contributed by atoms with van der Waals surface area (Å²) in [4.78, 5) is 37.4. The van der Waals surface area contributed by atoms with Crippen LogP contribution in [0.5, 0.6) is 5.75 Å². The van der Waals surface area contributed by atoms with Crippen LogP contribution in [0.3, 0.4) is 0 Å². The van der Waals surface area contributed by atoms with Crippen molar-refractivity contribution in [1.82, 2.24) is 0 Å². The number of carboxylic acid groups (broad SMARTS) is 1. The molecule has 2 N–H and O–H groups in total. The number of rotatable bonds is 5. The Morgan fingerprint density at radius 3 is 2.56 bits per heavy atom. The minimum absolute atomic E-state index is 0.0403. The number of anilines is 2. The first-order valence-electron chi connectivity index (χ1n) is 7.61. The number of hydrogen-bond acceptors (Lipinski definition) is 5. The molecule has 25 heavy (non-hydrogen) atoms. The number of hydrogen-bond donors (Lipinski definition) is 2. The third kappa shape index (κ3) is 3.03. The summed E-state index contributed by atoms with van der Waals surface area (Å²) in [6.45, 7) is 0. The number of imide groups is 1. The fourth-order valence-electron chi connectivity index (χ4n) is 2.80. The first-order chi connectivity index (χ1) is 12.0. The van der Waals surface area contributed by atoms with E-state index in [4.69, 9.17) is 4.74 Å². The highest BCUT2D eigenvalue weighted by Gasteiger charge is 2.41. The van der Waals surface area contributed by atoms with E-state index in [2.05, 4.69) is 5.32 Å². The number of para-hydroxylation sites is 3. The molecule has 0 saturated carbocycles. The van der Waals surface area contributed by atoms with E-state index in [9.17, 15) is 19.5 Å². The van der Waals surface area contributed by atoms with E-state index >= 15 is 0 Å². The molecule has 2 amide bonds. The number of benzene rings is 2. The maximum Gasteiger partial charge on any atom is 0.337 e. The first kappa shape index (κ1) is 16.5. The van der Waals surface area contributed by atoms with Gasteiger partial charge in [-0.1, -0.05) is 24.3 Å². The summed E-state index contributed by atoms with van der Waals surface area (Å²) in [5, 5.41) is 12.1. The molecule has 1 fully saturated rings. The van der Waals surface area contributed by atoms with Crippen LogP contribution in [0.1, 0.15) is 16.8 Å². The standard InChI is InChI=1S/C18H16N2O5/c1-25-15-9-5-4-8-14(15)20-16(21)10-13(17(20)22)19-12-7-3-2-6-11(12)18(23)24/h2-9,13,19H,10H2,1H3,(H,23,24). The molecule has 0 aliphatic carbocycles.